The molecule has 1 atom stereocenters. The van der Waals surface area contributed by atoms with Crippen molar-refractivity contribution >= 4 is 17.8 Å². The molecule has 0 fully saturated rings. The van der Waals surface area contributed by atoms with E-state index in [1.807, 2.05) is 5.32 Å². The van der Waals surface area contributed by atoms with Crippen molar-refractivity contribution in [3.8, 4) is 0 Å². The summed E-state index contributed by atoms with van der Waals surface area (Å²) in [7, 11) is 1.04. The molecule has 0 aromatic heterocycles. The van der Waals surface area contributed by atoms with Gasteiger partial charge in [-0.15, -0.1) is 0 Å². The lowest BCUT2D eigenvalue weighted by atomic mass is 10.3. The Kier molecular flexibility index (Phi) is 3.75. The van der Waals surface area contributed by atoms with Gasteiger partial charge in [-0.3, -0.25) is 9.59 Å². The SMILES string of the molecule is COC(=O)C(=O)NC(C)C(=O)O.[HH]. The minimum Gasteiger partial charge on any atom is -0.480 e. The zero-order valence-electron chi connectivity index (χ0n) is 6.66. The van der Waals surface area contributed by atoms with Crippen LogP contribution in [0.4, 0.5) is 0 Å². The van der Waals surface area contributed by atoms with Gasteiger partial charge in [-0.05, 0) is 6.92 Å². The molecule has 1 amide bonds. The lowest BCUT2D eigenvalue weighted by Gasteiger charge is -2.06. The molecule has 0 heterocycles. The van der Waals surface area contributed by atoms with Crippen molar-refractivity contribution in [1.29, 1.82) is 0 Å². The Hall–Kier alpha value is -1.59. The Labute approximate surface area is 70.0 Å². The molecule has 0 saturated carbocycles. The highest BCUT2D eigenvalue weighted by Crippen LogP contribution is 1.82. The molecule has 0 aliphatic rings. The van der Waals surface area contributed by atoms with Crippen molar-refractivity contribution in [3.05, 3.63) is 0 Å². The highest BCUT2D eigenvalue weighted by atomic mass is 16.5. The maximum Gasteiger partial charge on any atom is 0.396 e. The number of esters is 1. The van der Waals surface area contributed by atoms with E-state index in [1.54, 1.807) is 0 Å². The van der Waals surface area contributed by atoms with Gasteiger partial charge in [0.15, 0.2) is 0 Å². The first kappa shape index (κ1) is 10.4. The van der Waals surface area contributed by atoms with Crippen LogP contribution in [0.25, 0.3) is 0 Å². The van der Waals surface area contributed by atoms with Crippen LogP contribution in [0.1, 0.15) is 8.35 Å². The van der Waals surface area contributed by atoms with E-state index in [9.17, 15) is 14.4 Å². The molecule has 6 heteroatoms. The van der Waals surface area contributed by atoms with Gasteiger partial charge in [-0.25, -0.2) is 4.79 Å². The van der Waals surface area contributed by atoms with Crippen LogP contribution in [-0.4, -0.2) is 36.1 Å². The molecule has 0 radical (unpaired) electrons. The number of carboxylic acids is 1. The second-order valence-electron chi connectivity index (χ2n) is 2.02. The van der Waals surface area contributed by atoms with Crippen LogP contribution in [0.3, 0.4) is 0 Å². The number of hydrogen-bond acceptors (Lipinski definition) is 4. The highest BCUT2D eigenvalue weighted by Gasteiger charge is 2.19. The second kappa shape index (κ2) is 4.32. The maximum atomic E-state index is 10.6. The molecule has 12 heavy (non-hydrogen) atoms. The maximum absolute atomic E-state index is 10.6. The van der Waals surface area contributed by atoms with Crippen LogP contribution >= 0.6 is 0 Å². The van der Waals surface area contributed by atoms with Gasteiger partial charge in [0.05, 0.1) is 7.11 Å². The van der Waals surface area contributed by atoms with Crippen LogP contribution in [-0.2, 0) is 19.1 Å². The molecule has 6 nitrogen and oxygen atoms in total. The number of nitrogens with one attached hydrogen (secondary N) is 1. The summed E-state index contributed by atoms with van der Waals surface area (Å²) < 4.78 is 4.05. The van der Waals surface area contributed by atoms with E-state index in [1.165, 1.54) is 6.92 Å². The van der Waals surface area contributed by atoms with Gasteiger partial charge in [0.25, 0.3) is 0 Å². The fraction of sp³-hybridized carbons (Fsp3) is 0.500. The molecule has 0 spiro atoms. The molecule has 0 rings (SSSR count). The van der Waals surface area contributed by atoms with Gasteiger partial charge < -0.3 is 15.2 Å². The fourth-order valence-corrected chi connectivity index (χ4v) is 0.410. The largest absolute Gasteiger partial charge is 0.480 e. The number of carbonyl (C=O) groups is 3. The summed E-state index contributed by atoms with van der Waals surface area (Å²) >= 11 is 0. The minimum absolute atomic E-state index is 0. The third kappa shape index (κ3) is 3.00. The van der Waals surface area contributed by atoms with Gasteiger partial charge >= 0.3 is 17.8 Å². The van der Waals surface area contributed by atoms with E-state index in [0.29, 0.717) is 0 Å². The summed E-state index contributed by atoms with van der Waals surface area (Å²) in [4.78, 5) is 31.3. The Bertz CT molecular complexity index is 217. The van der Waals surface area contributed by atoms with Gasteiger partial charge in [-0.1, -0.05) is 0 Å². The molecule has 0 aliphatic carbocycles. The molecular formula is C6H11NO5. The van der Waals surface area contributed by atoms with E-state index in [0.717, 1.165) is 7.11 Å². The second-order valence-corrected chi connectivity index (χ2v) is 2.02. The van der Waals surface area contributed by atoms with Crippen LogP contribution in [0, 0.1) is 0 Å². The van der Waals surface area contributed by atoms with Crippen molar-refractivity contribution < 1.29 is 25.7 Å². The summed E-state index contributed by atoms with van der Waals surface area (Å²) in [5, 5.41) is 10.2. The fourth-order valence-electron chi connectivity index (χ4n) is 0.410. The number of hydrogen-bond donors (Lipinski definition) is 2. The van der Waals surface area contributed by atoms with Crippen molar-refractivity contribution in [2.75, 3.05) is 7.11 Å². The van der Waals surface area contributed by atoms with Crippen molar-refractivity contribution in [2.24, 2.45) is 0 Å². The lowest BCUT2D eigenvalue weighted by molar-refractivity contribution is -0.154. The molecule has 0 aliphatic heterocycles. The van der Waals surface area contributed by atoms with Crippen LogP contribution in [0.2, 0.25) is 0 Å². The topological polar surface area (TPSA) is 92.7 Å². The lowest BCUT2D eigenvalue weighted by Crippen LogP contribution is -2.42. The zero-order chi connectivity index (χ0) is 9.72. The Balaban J connectivity index is 0. The van der Waals surface area contributed by atoms with Gasteiger partial charge in [0, 0.05) is 1.43 Å². The summed E-state index contributed by atoms with van der Waals surface area (Å²) in [6.07, 6.45) is 0. The van der Waals surface area contributed by atoms with E-state index in [-0.39, 0.29) is 1.43 Å². The number of amides is 1. The highest BCUT2D eigenvalue weighted by molar-refractivity contribution is 6.32. The third-order valence-corrected chi connectivity index (χ3v) is 1.09. The Morgan fingerprint density at radius 3 is 2.33 bits per heavy atom. The van der Waals surface area contributed by atoms with Crippen molar-refractivity contribution in [3.63, 3.8) is 0 Å². The van der Waals surface area contributed by atoms with Crippen molar-refractivity contribution in [2.45, 2.75) is 13.0 Å². The summed E-state index contributed by atoms with van der Waals surface area (Å²) in [6, 6.07) is -1.10. The number of ether oxygens (including phenoxy) is 1. The molecule has 0 bridgehead atoms. The standard InChI is InChI=1S/C6H9NO5.H2/c1-3(5(9)10)7-4(8)6(11)12-2;/h3H,1-2H3,(H,7,8)(H,9,10);1H. The summed E-state index contributed by atoms with van der Waals surface area (Å²) in [5.74, 6) is -3.39. The van der Waals surface area contributed by atoms with Crippen LogP contribution < -0.4 is 5.32 Å². The molecule has 0 saturated heterocycles. The van der Waals surface area contributed by atoms with Crippen LogP contribution in [0.15, 0.2) is 0 Å². The van der Waals surface area contributed by atoms with E-state index in [4.69, 9.17) is 5.11 Å². The Morgan fingerprint density at radius 1 is 1.50 bits per heavy atom. The summed E-state index contributed by atoms with van der Waals surface area (Å²) in [6.45, 7) is 1.24. The normalized spacial score (nSPS) is 11.5. The third-order valence-electron chi connectivity index (χ3n) is 1.09. The first-order valence-electron chi connectivity index (χ1n) is 3.10. The number of methoxy groups -OCH3 is 1. The van der Waals surface area contributed by atoms with Crippen LogP contribution in [0.5, 0.6) is 0 Å². The van der Waals surface area contributed by atoms with Gasteiger partial charge in [0.2, 0.25) is 0 Å². The van der Waals surface area contributed by atoms with E-state index >= 15 is 0 Å². The average molecular weight is 177 g/mol. The summed E-state index contributed by atoms with van der Waals surface area (Å²) in [5.41, 5.74) is 0. The average Bonchev–Trinajstić information content (AvgIpc) is 2.02. The van der Waals surface area contributed by atoms with Gasteiger partial charge in [0.1, 0.15) is 6.04 Å². The first-order valence-corrected chi connectivity index (χ1v) is 3.10. The predicted molar refractivity (Wildman–Crippen MR) is 39.4 cm³/mol. The minimum atomic E-state index is -1.22. The molecule has 2 N–H and O–H groups in total. The Morgan fingerprint density at radius 2 is 2.00 bits per heavy atom. The van der Waals surface area contributed by atoms with Gasteiger partial charge in [-0.2, -0.15) is 0 Å². The van der Waals surface area contributed by atoms with E-state index < -0.39 is 23.9 Å². The molecule has 70 valence electrons. The number of rotatable bonds is 2. The zero-order valence-corrected chi connectivity index (χ0v) is 6.66. The number of aliphatic carboxylic acids is 1. The smallest absolute Gasteiger partial charge is 0.396 e. The quantitative estimate of drug-likeness (QED) is 0.416. The number of carboxylic acid groups (broad SMARTS) is 1. The van der Waals surface area contributed by atoms with Crippen molar-refractivity contribution in [1.82, 2.24) is 5.32 Å². The molecule has 0 aromatic rings. The number of carbonyl (C=O) groups excluding carboxylic acids is 2. The predicted octanol–water partition coefficient (Wildman–Crippen LogP) is -1.01. The molecule has 0 aromatic carbocycles. The monoisotopic (exact) mass is 177 g/mol. The molecular weight excluding hydrogens is 166 g/mol. The van der Waals surface area contributed by atoms with E-state index in [2.05, 4.69) is 4.74 Å². The molecule has 1 unspecified atom stereocenters. The first-order chi connectivity index (χ1) is 5.49.